The van der Waals surface area contributed by atoms with Crippen molar-refractivity contribution in [1.29, 1.82) is 0 Å². The van der Waals surface area contributed by atoms with E-state index in [1.165, 1.54) is 10.9 Å². The van der Waals surface area contributed by atoms with Gasteiger partial charge < -0.3 is 51.4 Å². The van der Waals surface area contributed by atoms with E-state index in [1.807, 2.05) is 0 Å². The van der Waals surface area contributed by atoms with Gasteiger partial charge in [-0.15, -0.1) is 0 Å². The second-order valence-electron chi connectivity index (χ2n) is 10.3. The molecule has 0 spiro atoms. The SMILES string of the molecule is Nc1nc(N)c2ncn([C@@H]3O[C@@H]4COP(=O)(O)O[C@H]5C(O)[C@@H](OCP(=O)(O)OC4[C@@H]3O)O[C@H]5n3cnc4c(=O)[nH]c(N)nc43)c2n1. The summed E-state index contributed by atoms with van der Waals surface area (Å²) in [6.07, 6.45) is -12.1. The predicted octanol–water partition coefficient (Wildman–Crippen LogP) is -2.76. The second-order valence-corrected chi connectivity index (χ2v) is 13.5. The molecular weight excluding hydrogens is 664 g/mol. The van der Waals surface area contributed by atoms with Crippen molar-refractivity contribution in [2.24, 2.45) is 0 Å². The van der Waals surface area contributed by atoms with Crippen molar-refractivity contribution in [3.8, 4) is 0 Å². The lowest BCUT2D eigenvalue weighted by Crippen LogP contribution is -2.36. The number of imidazole rings is 2. The fraction of sp³-hybridized carbons (Fsp3) is 0.500. The van der Waals surface area contributed by atoms with Gasteiger partial charge in [-0.25, -0.2) is 14.5 Å². The smallest absolute Gasteiger partial charge is 0.386 e. The molecule has 7 heterocycles. The van der Waals surface area contributed by atoms with Crippen molar-refractivity contribution >= 4 is 55.5 Å². The number of phosphoric ester groups is 1. The van der Waals surface area contributed by atoms with Crippen LogP contribution in [0.2, 0.25) is 0 Å². The molecule has 0 aliphatic carbocycles. The summed E-state index contributed by atoms with van der Waals surface area (Å²) >= 11 is 0. The number of aromatic nitrogens is 8. The standard InChI is InChI=1S/C20H25N11O13P2/c21-12-6-13(27-19(22)26-12)30(2-24-6)16-8(32)10-5(41-16)1-40-46(37,38)44-11-9(33)18(39-4-45(35,36)43-10)42-17(11)31-3-25-7-14(31)28-20(23)29-15(7)34/h2-3,5,8-11,16-18,32-33H,1,4H2,(H,35,36)(H,37,38)(H4,21,22,26,27)(H3,23,28,29,34)/t5-,8+,9?,10?,11+,16-,17-,18+/m1/s1. The lowest BCUT2D eigenvalue weighted by atomic mass is 10.1. The molecule has 0 amide bonds. The second kappa shape index (κ2) is 11.0. The van der Waals surface area contributed by atoms with Gasteiger partial charge in [-0.05, 0) is 0 Å². The molecule has 11 N–H and O–H groups in total. The number of aliphatic hydroxyl groups excluding tert-OH is 2. The highest BCUT2D eigenvalue weighted by molar-refractivity contribution is 7.52. The van der Waals surface area contributed by atoms with Crippen molar-refractivity contribution < 1.29 is 56.9 Å². The maximum absolute atomic E-state index is 13.2. The number of phosphoric acid groups is 1. The third kappa shape index (κ3) is 5.33. The van der Waals surface area contributed by atoms with Crippen molar-refractivity contribution in [2.75, 3.05) is 30.2 Å². The number of ether oxygens (including phenoxy) is 3. The van der Waals surface area contributed by atoms with Crippen molar-refractivity contribution in [3.05, 3.63) is 23.0 Å². The lowest BCUT2D eigenvalue weighted by molar-refractivity contribution is -0.168. The Balaban J connectivity index is 1.21. The maximum Gasteiger partial charge on any atom is 0.472 e. The Labute approximate surface area is 254 Å². The van der Waals surface area contributed by atoms with Gasteiger partial charge in [-0.1, -0.05) is 0 Å². The van der Waals surface area contributed by atoms with E-state index >= 15 is 0 Å². The first-order valence-electron chi connectivity index (χ1n) is 13.1. The first kappa shape index (κ1) is 31.0. The molecule has 4 unspecified atom stereocenters. The largest absolute Gasteiger partial charge is 0.472 e. The molecule has 26 heteroatoms. The van der Waals surface area contributed by atoms with Crippen LogP contribution in [0, 0.1) is 0 Å². The summed E-state index contributed by atoms with van der Waals surface area (Å²) in [5.74, 6) is -0.586. The molecule has 46 heavy (non-hydrogen) atoms. The minimum absolute atomic E-state index is 0.0365. The van der Waals surface area contributed by atoms with Crippen LogP contribution in [0.3, 0.4) is 0 Å². The minimum atomic E-state index is -5.15. The normalized spacial score (nSPS) is 37.1. The van der Waals surface area contributed by atoms with E-state index in [0.29, 0.717) is 0 Å². The summed E-state index contributed by atoms with van der Waals surface area (Å²) in [4.78, 5) is 55.8. The zero-order chi connectivity index (χ0) is 32.7. The monoisotopic (exact) mass is 689 g/mol. The third-order valence-corrected chi connectivity index (χ3v) is 9.32. The summed E-state index contributed by atoms with van der Waals surface area (Å²) in [5, 5.41) is 22.1. The molecule has 10 atom stereocenters. The number of hydrogen-bond donors (Lipinski definition) is 8. The zero-order valence-corrected chi connectivity index (χ0v) is 24.7. The van der Waals surface area contributed by atoms with Crippen LogP contribution in [-0.4, -0.2) is 109 Å². The number of anilines is 3. The molecule has 0 aromatic carbocycles. The van der Waals surface area contributed by atoms with Gasteiger partial charge in [0.15, 0.2) is 47.7 Å². The van der Waals surface area contributed by atoms with Crippen LogP contribution in [0.1, 0.15) is 12.5 Å². The predicted molar refractivity (Wildman–Crippen MR) is 148 cm³/mol. The van der Waals surface area contributed by atoms with Crippen LogP contribution in [0.25, 0.3) is 22.3 Å². The van der Waals surface area contributed by atoms with Gasteiger partial charge >= 0.3 is 15.4 Å². The molecule has 24 nitrogen and oxygen atoms in total. The Morgan fingerprint density at radius 3 is 2.35 bits per heavy atom. The number of H-pyrrole nitrogens is 1. The molecule has 4 aromatic heterocycles. The molecule has 7 rings (SSSR count). The van der Waals surface area contributed by atoms with Crippen LogP contribution in [0.15, 0.2) is 17.4 Å². The van der Waals surface area contributed by atoms with E-state index < -0.39 is 83.2 Å². The molecule has 3 fully saturated rings. The van der Waals surface area contributed by atoms with Gasteiger partial charge in [0.1, 0.15) is 36.0 Å². The topological polar surface area (TPSA) is 356 Å². The van der Waals surface area contributed by atoms with Gasteiger partial charge in [0.25, 0.3) is 5.56 Å². The molecule has 248 valence electrons. The first-order valence-corrected chi connectivity index (χ1v) is 16.4. The first-order chi connectivity index (χ1) is 21.7. The maximum atomic E-state index is 13.2. The highest BCUT2D eigenvalue weighted by atomic mass is 31.2. The highest BCUT2D eigenvalue weighted by Crippen LogP contribution is 2.53. The number of aromatic amines is 1. The molecule has 3 saturated heterocycles. The summed E-state index contributed by atoms with van der Waals surface area (Å²) in [5.41, 5.74) is 16.3. The Bertz CT molecular complexity index is 1990. The quantitative estimate of drug-likeness (QED) is 0.0988. The van der Waals surface area contributed by atoms with Crippen LogP contribution >= 0.6 is 15.4 Å². The number of aliphatic hydroxyl groups is 2. The van der Waals surface area contributed by atoms with Crippen LogP contribution in [-0.2, 0) is 36.9 Å². The summed E-state index contributed by atoms with van der Waals surface area (Å²) < 4.78 is 61.4. The Morgan fingerprint density at radius 1 is 0.891 bits per heavy atom. The van der Waals surface area contributed by atoms with Gasteiger partial charge in [-0.3, -0.25) is 37.0 Å². The fourth-order valence-corrected chi connectivity index (χ4v) is 7.29. The number of nitrogens with zero attached hydrogens (tertiary/aromatic N) is 7. The minimum Gasteiger partial charge on any atom is -0.386 e. The van der Waals surface area contributed by atoms with Gasteiger partial charge in [0.05, 0.1) is 19.3 Å². The molecule has 3 aliphatic rings. The molecular formula is C20H25N11O13P2. The number of hydrogen-bond acceptors (Lipinski definition) is 19. The van der Waals surface area contributed by atoms with Gasteiger partial charge in [0.2, 0.25) is 11.9 Å². The average Bonchev–Trinajstić information content (AvgIpc) is 3.72. The van der Waals surface area contributed by atoms with Gasteiger partial charge in [0, 0.05) is 0 Å². The Kier molecular flexibility index (Phi) is 7.39. The van der Waals surface area contributed by atoms with E-state index in [1.54, 1.807) is 0 Å². The lowest BCUT2D eigenvalue weighted by Gasteiger charge is -2.25. The molecule has 0 radical (unpaired) electrons. The number of nitrogen functional groups attached to an aromatic ring is 3. The summed E-state index contributed by atoms with van der Waals surface area (Å²) in [7, 11) is -9.97. The number of rotatable bonds is 2. The van der Waals surface area contributed by atoms with E-state index in [9.17, 15) is 33.9 Å². The van der Waals surface area contributed by atoms with Crippen LogP contribution in [0.5, 0.6) is 0 Å². The van der Waals surface area contributed by atoms with E-state index in [0.717, 1.165) is 10.9 Å². The summed E-state index contributed by atoms with van der Waals surface area (Å²) in [6.45, 7) is -0.849. The van der Waals surface area contributed by atoms with Crippen molar-refractivity contribution in [1.82, 2.24) is 39.0 Å². The zero-order valence-electron chi connectivity index (χ0n) is 22.9. The average molecular weight is 689 g/mol. The van der Waals surface area contributed by atoms with Crippen molar-refractivity contribution in [2.45, 2.75) is 49.3 Å². The van der Waals surface area contributed by atoms with Crippen molar-refractivity contribution in [3.63, 3.8) is 0 Å². The van der Waals surface area contributed by atoms with E-state index in [2.05, 4.69) is 29.9 Å². The van der Waals surface area contributed by atoms with Crippen LogP contribution < -0.4 is 22.8 Å². The Hall–Kier alpha value is -3.64. The number of nitrogens with two attached hydrogens (primary N) is 3. The molecule has 4 aromatic rings. The third-order valence-electron chi connectivity index (χ3n) is 7.29. The fourth-order valence-electron chi connectivity index (χ4n) is 5.32. The van der Waals surface area contributed by atoms with E-state index in [4.69, 9.17) is 45.0 Å². The Morgan fingerprint density at radius 2 is 1.59 bits per heavy atom. The van der Waals surface area contributed by atoms with Gasteiger partial charge in [-0.2, -0.15) is 15.0 Å². The molecule has 2 bridgehead atoms. The molecule has 0 saturated carbocycles. The number of fused-ring (bicyclic) bond motifs is 5. The summed E-state index contributed by atoms with van der Waals surface area (Å²) in [6, 6.07) is 0. The number of nitrogens with one attached hydrogen (secondary N) is 1. The van der Waals surface area contributed by atoms with Crippen LogP contribution in [0.4, 0.5) is 17.7 Å². The van der Waals surface area contributed by atoms with E-state index in [-0.39, 0.29) is 40.0 Å². The highest BCUT2D eigenvalue weighted by Gasteiger charge is 2.54. The molecule has 3 aliphatic heterocycles.